The van der Waals surface area contributed by atoms with E-state index in [1.54, 1.807) is 36.7 Å². The largest absolute Gasteiger partial charge is 0.872 e. The van der Waals surface area contributed by atoms with Crippen LogP contribution >= 0.6 is 0 Å². The Morgan fingerprint density at radius 1 is 1.10 bits per heavy atom. The summed E-state index contributed by atoms with van der Waals surface area (Å²) < 4.78 is 5.21. The van der Waals surface area contributed by atoms with Gasteiger partial charge in [0.05, 0.1) is 19.7 Å². The van der Waals surface area contributed by atoms with E-state index in [1.807, 2.05) is 43.3 Å². The lowest BCUT2D eigenvalue weighted by atomic mass is 9.94. The second-order valence-corrected chi connectivity index (χ2v) is 7.46. The van der Waals surface area contributed by atoms with Gasteiger partial charge in [-0.05, 0) is 36.2 Å². The summed E-state index contributed by atoms with van der Waals surface area (Å²) in [7, 11) is 1.51. The van der Waals surface area contributed by atoms with Gasteiger partial charge in [0.2, 0.25) is 5.78 Å². The molecule has 2 heterocycles. The lowest BCUT2D eigenvalue weighted by Gasteiger charge is -2.27. The van der Waals surface area contributed by atoms with Crippen LogP contribution in [0.4, 0.5) is 0 Å². The van der Waals surface area contributed by atoms with Crippen molar-refractivity contribution >= 4 is 17.4 Å². The van der Waals surface area contributed by atoms with Crippen LogP contribution in [-0.2, 0) is 16.1 Å². The second kappa shape index (κ2) is 8.44. The maximum Gasteiger partial charge on any atom is 0.295 e. The Labute approximate surface area is 180 Å². The molecule has 0 radical (unpaired) electrons. The van der Waals surface area contributed by atoms with E-state index in [9.17, 15) is 14.7 Å². The first kappa shape index (κ1) is 20.3. The summed E-state index contributed by atoms with van der Waals surface area (Å²) in [5.74, 6) is -1.41. The lowest BCUT2D eigenvalue weighted by Crippen LogP contribution is -2.29. The van der Waals surface area contributed by atoms with Gasteiger partial charge in [-0.2, -0.15) is 0 Å². The van der Waals surface area contributed by atoms with Crippen molar-refractivity contribution in [3.8, 4) is 5.75 Å². The molecule has 31 heavy (non-hydrogen) atoms. The summed E-state index contributed by atoms with van der Waals surface area (Å²) in [6.45, 7) is 2.16. The number of aromatic amines is 1. The number of rotatable bonds is 5. The van der Waals surface area contributed by atoms with Crippen LogP contribution in [0.25, 0.3) is 5.76 Å². The number of nitrogens with zero attached hydrogens (tertiary/aromatic N) is 1. The number of methoxy groups -OCH3 is 1. The molecule has 1 unspecified atom stereocenters. The minimum Gasteiger partial charge on any atom is -0.872 e. The maximum absolute atomic E-state index is 13.4. The number of carbonyl (C=O) groups is 2. The molecule has 1 atom stereocenters. The molecule has 1 aliphatic rings. The number of pyridine rings is 1. The first-order chi connectivity index (χ1) is 15.0. The number of hydrogen-bond donors (Lipinski definition) is 0. The number of amides is 1. The van der Waals surface area contributed by atoms with E-state index < -0.39 is 23.5 Å². The highest BCUT2D eigenvalue weighted by Gasteiger charge is 2.44. The minimum absolute atomic E-state index is 0.0398. The standard InChI is InChI=1S/C25H22N2O4/c1-16-8-10-18(11-9-16)22-21(23(28)19-6-3-7-20(13-19)31-2)24(29)25(30)27(22)15-17-5-4-12-26-14-17/h3-14,22,28H,15H2,1-2H3/b23-21+. The van der Waals surface area contributed by atoms with Crippen LogP contribution in [0.5, 0.6) is 5.75 Å². The predicted molar refractivity (Wildman–Crippen MR) is 112 cm³/mol. The fourth-order valence-electron chi connectivity index (χ4n) is 3.77. The molecule has 4 rings (SSSR count). The molecule has 1 saturated heterocycles. The van der Waals surface area contributed by atoms with Crippen LogP contribution < -0.4 is 14.8 Å². The van der Waals surface area contributed by atoms with Gasteiger partial charge in [-0.1, -0.05) is 47.7 Å². The Bertz CT molecular complexity index is 1150. The molecule has 0 saturated carbocycles. The molecule has 0 spiro atoms. The third-order valence-electron chi connectivity index (χ3n) is 5.38. The molecular weight excluding hydrogens is 392 g/mol. The van der Waals surface area contributed by atoms with Crippen LogP contribution in [0.2, 0.25) is 0 Å². The van der Waals surface area contributed by atoms with E-state index in [0.29, 0.717) is 11.3 Å². The molecular formula is C25H22N2O4. The molecule has 1 aliphatic heterocycles. The van der Waals surface area contributed by atoms with Crippen molar-refractivity contribution in [2.45, 2.75) is 19.5 Å². The Hall–Kier alpha value is -3.93. The van der Waals surface area contributed by atoms with Crippen molar-refractivity contribution in [1.82, 2.24) is 4.90 Å². The summed E-state index contributed by atoms with van der Waals surface area (Å²) in [5.41, 5.74) is 2.86. The van der Waals surface area contributed by atoms with Crippen molar-refractivity contribution in [1.29, 1.82) is 0 Å². The van der Waals surface area contributed by atoms with E-state index >= 15 is 0 Å². The first-order valence-corrected chi connectivity index (χ1v) is 9.92. The number of likely N-dealkylation sites (tertiary alicyclic amines) is 1. The summed E-state index contributed by atoms with van der Waals surface area (Å²) in [5, 5.41) is 13.4. The van der Waals surface area contributed by atoms with Crippen molar-refractivity contribution in [3.63, 3.8) is 0 Å². The number of nitrogens with one attached hydrogen (secondary N) is 1. The number of benzene rings is 2. The Balaban J connectivity index is 1.86. The SMILES string of the molecule is COc1cccc(/C([O-])=C2\C(=O)C(=O)N(Cc3ccc[nH+]c3)C2c2ccc(C)cc2)c1. The molecule has 0 bridgehead atoms. The van der Waals surface area contributed by atoms with Gasteiger partial charge in [-0.15, -0.1) is 0 Å². The average Bonchev–Trinajstić information content (AvgIpc) is 3.05. The highest BCUT2D eigenvalue weighted by atomic mass is 16.5. The summed E-state index contributed by atoms with van der Waals surface area (Å²) >= 11 is 0. The molecule has 3 aromatic rings. The third-order valence-corrected chi connectivity index (χ3v) is 5.38. The van der Waals surface area contributed by atoms with Crippen LogP contribution in [0.1, 0.15) is 28.3 Å². The zero-order chi connectivity index (χ0) is 22.0. The molecule has 1 fully saturated rings. The van der Waals surface area contributed by atoms with Gasteiger partial charge in [-0.25, -0.2) is 4.98 Å². The zero-order valence-corrected chi connectivity index (χ0v) is 17.3. The summed E-state index contributed by atoms with van der Waals surface area (Å²) in [6.07, 6.45) is 3.54. The molecule has 1 aromatic heterocycles. The van der Waals surface area contributed by atoms with Crippen molar-refractivity contribution in [2.24, 2.45) is 0 Å². The van der Waals surface area contributed by atoms with E-state index in [2.05, 4.69) is 4.98 Å². The normalized spacial score (nSPS) is 17.7. The van der Waals surface area contributed by atoms with Gasteiger partial charge in [0.25, 0.3) is 5.91 Å². The van der Waals surface area contributed by atoms with Gasteiger partial charge < -0.3 is 14.7 Å². The van der Waals surface area contributed by atoms with Gasteiger partial charge in [0, 0.05) is 17.2 Å². The van der Waals surface area contributed by atoms with E-state index in [0.717, 1.165) is 16.7 Å². The number of ketones is 1. The Morgan fingerprint density at radius 2 is 1.87 bits per heavy atom. The summed E-state index contributed by atoms with van der Waals surface area (Å²) in [4.78, 5) is 30.5. The Morgan fingerprint density at radius 3 is 2.55 bits per heavy atom. The fraction of sp³-hybridized carbons (Fsp3) is 0.160. The average molecular weight is 414 g/mol. The first-order valence-electron chi connectivity index (χ1n) is 9.92. The van der Waals surface area contributed by atoms with Gasteiger partial charge >= 0.3 is 0 Å². The number of Topliss-reactive ketones (excluding diaryl/α,β-unsaturated/α-hetero) is 1. The molecule has 1 N–H and O–H groups in total. The quantitative estimate of drug-likeness (QED) is 0.364. The minimum atomic E-state index is -0.765. The van der Waals surface area contributed by atoms with Crippen LogP contribution in [0, 0.1) is 6.92 Å². The predicted octanol–water partition coefficient (Wildman–Crippen LogP) is 2.24. The number of carbonyl (C=O) groups excluding carboxylic acids is 2. The lowest BCUT2D eigenvalue weighted by molar-refractivity contribution is -0.378. The number of aromatic nitrogens is 1. The topological polar surface area (TPSA) is 83.8 Å². The van der Waals surface area contributed by atoms with Crippen molar-refractivity contribution in [2.75, 3.05) is 7.11 Å². The van der Waals surface area contributed by atoms with Gasteiger partial charge in [-0.3, -0.25) is 9.59 Å². The molecule has 6 nitrogen and oxygen atoms in total. The van der Waals surface area contributed by atoms with E-state index in [-0.39, 0.29) is 12.1 Å². The number of H-pyrrole nitrogens is 1. The smallest absolute Gasteiger partial charge is 0.295 e. The summed E-state index contributed by atoms with van der Waals surface area (Å²) in [6, 6.07) is 17.1. The second-order valence-electron chi connectivity index (χ2n) is 7.46. The molecule has 1 amide bonds. The number of hydrogen-bond acceptors (Lipinski definition) is 4. The highest BCUT2D eigenvalue weighted by molar-refractivity contribution is 6.46. The van der Waals surface area contributed by atoms with E-state index in [1.165, 1.54) is 12.0 Å². The maximum atomic E-state index is 13.4. The van der Waals surface area contributed by atoms with Crippen LogP contribution in [0.15, 0.2) is 78.6 Å². The molecule has 2 aromatic carbocycles. The monoisotopic (exact) mass is 414 g/mol. The van der Waals surface area contributed by atoms with Crippen LogP contribution in [-0.4, -0.2) is 23.7 Å². The van der Waals surface area contributed by atoms with E-state index in [4.69, 9.17) is 4.74 Å². The molecule has 0 aliphatic carbocycles. The number of aryl methyl sites for hydroxylation is 1. The van der Waals surface area contributed by atoms with Crippen molar-refractivity contribution < 1.29 is 24.4 Å². The molecule has 156 valence electrons. The number of ether oxygens (including phenoxy) is 1. The van der Waals surface area contributed by atoms with Gasteiger partial charge in [0.15, 0.2) is 12.4 Å². The van der Waals surface area contributed by atoms with Gasteiger partial charge in [0.1, 0.15) is 5.75 Å². The van der Waals surface area contributed by atoms with Crippen LogP contribution in [0.3, 0.4) is 0 Å². The Kier molecular flexibility index (Phi) is 5.54. The fourth-order valence-corrected chi connectivity index (χ4v) is 3.77. The zero-order valence-electron chi connectivity index (χ0n) is 17.3. The highest BCUT2D eigenvalue weighted by Crippen LogP contribution is 2.39. The third kappa shape index (κ3) is 3.92. The van der Waals surface area contributed by atoms with Crippen molar-refractivity contribution in [3.05, 3.63) is 101 Å². The molecule has 6 heteroatoms.